The highest BCUT2D eigenvalue weighted by Crippen LogP contribution is 2.13. The Labute approximate surface area is 89.8 Å². The summed E-state index contributed by atoms with van der Waals surface area (Å²) in [6, 6.07) is -0.638. The molecule has 0 aromatic heterocycles. The molecule has 1 aliphatic heterocycles. The molecule has 1 aliphatic rings. The van der Waals surface area contributed by atoms with E-state index in [9.17, 15) is 18.3 Å². The molecular weight excluding hydrogens is 218 g/mol. The molecule has 0 aromatic rings. The number of carbonyl (C=O) groups excluding carboxylic acids is 1. The highest BCUT2D eigenvalue weighted by molar-refractivity contribution is 7.91. The predicted molar refractivity (Wildman–Crippen MR) is 56.0 cm³/mol. The van der Waals surface area contributed by atoms with Crippen LogP contribution in [0.5, 0.6) is 0 Å². The van der Waals surface area contributed by atoms with Gasteiger partial charge in [0.1, 0.15) is 0 Å². The Bertz CT molecular complexity index is 336. The third kappa shape index (κ3) is 3.79. The van der Waals surface area contributed by atoms with Gasteiger partial charge in [-0.05, 0) is 5.92 Å². The third-order valence-electron chi connectivity index (χ3n) is 2.26. The SMILES string of the molecule is CC(C)CC(=O)N[C@H]1CS(=O)(=O)C[C@@H]1O. The van der Waals surface area contributed by atoms with Gasteiger partial charge in [-0.1, -0.05) is 13.8 Å². The molecule has 0 bridgehead atoms. The maximum absolute atomic E-state index is 11.3. The van der Waals surface area contributed by atoms with E-state index < -0.39 is 22.0 Å². The summed E-state index contributed by atoms with van der Waals surface area (Å²) in [7, 11) is -3.18. The van der Waals surface area contributed by atoms with Crippen LogP contribution < -0.4 is 5.32 Å². The fraction of sp³-hybridized carbons (Fsp3) is 0.889. The van der Waals surface area contributed by atoms with Crippen LogP contribution in [-0.2, 0) is 14.6 Å². The lowest BCUT2D eigenvalue weighted by Crippen LogP contribution is -2.42. The topological polar surface area (TPSA) is 83.5 Å². The maximum atomic E-state index is 11.3. The van der Waals surface area contributed by atoms with Gasteiger partial charge in [-0.15, -0.1) is 0 Å². The minimum absolute atomic E-state index is 0.155. The van der Waals surface area contributed by atoms with Gasteiger partial charge in [-0.25, -0.2) is 8.42 Å². The summed E-state index contributed by atoms with van der Waals surface area (Å²) < 4.78 is 22.3. The summed E-state index contributed by atoms with van der Waals surface area (Å²) in [6.07, 6.45) is -0.616. The first-order valence-corrected chi connectivity index (χ1v) is 6.80. The summed E-state index contributed by atoms with van der Waals surface area (Å²) in [5, 5.41) is 12.0. The summed E-state index contributed by atoms with van der Waals surface area (Å²) in [5.41, 5.74) is 0. The molecule has 1 saturated heterocycles. The van der Waals surface area contributed by atoms with Crippen molar-refractivity contribution in [1.82, 2.24) is 5.32 Å². The van der Waals surface area contributed by atoms with Crippen LogP contribution >= 0.6 is 0 Å². The van der Waals surface area contributed by atoms with Gasteiger partial charge in [0, 0.05) is 6.42 Å². The van der Waals surface area contributed by atoms with Crippen LogP contribution in [0.15, 0.2) is 0 Å². The van der Waals surface area contributed by atoms with Crippen LogP contribution in [0, 0.1) is 5.92 Å². The number of nitrogens with one attached hydrogen (secondary N) is 1. The number of hydrogen-bond donors (Lipinski definition) is 2. The average Bonchev–Trinajstić information content (AvgIpc) is 2.22. The maximum Gasteiger partial charge on any atom is 0.220 e. The number of rotatable bonds is 3. The average molecular weight is 235 g/mol. The molecule has 0 radical (unpaired) electrons. The molecule has 0 aliphatic carbocycles. The standard InChI is InChI=1S/C9H17NO4S/c1-6(2)3-9(12)10-7-4-15(13,14)5-8(7)11/h6-8,11H,3-5H2,1-2H3,(H,10,12)/t7-,8-/m0/s1. The quantitative estimate of drug-likeness (QED) is 0.678. The number of aliphatic hydroxyl groups excluding tert-OH is 1. The molecule has 0 saturated carbocycles. The molecule has 88 valence electrons. The molecule has 0 unspecified atom stereocenters. The van der Waals surface area contributed by atoms with Crippen LogP contribution in [0.2, 0.25) is 0 Å². The first kappa shape index (κ1) is 12.4. The van der Waals surface area contributed by atoms with Crippen molar-refractivity contribution in [2.75, 3.05) is 11.5 Å². The monoisotopic (exact) mass is 235 g/mol. The highest BCUT2D eigenvalue weighted by Gasteiger charge is 2.37. The molecule has 1 heterocycles. The van der Waals surface area contributed by atoms with Crippen molar-refractivity contribution >= 4 is 15.7 Å². The van der Waals surface area contributed by atoms with Gasteiger partial charge in [-0.2, -0.15) is 0 Å². The van der Waals surface area contributed by atoms with Crippen LogP contribution in [0.4, 0.5) is 0 Å². The predicted octanol–water partition coefficient (Wildman–Crippen LogP) is -0.693. The minimum atomic E-state index is -3.18. The summed E-state index contributed by atoms with van der Waals surface area (Å²) >= 11 is 0. The zero-order chi connectivity index (χ0) is 11.6. The highest BCUT2D eigenvalue weighted by atomic mass is 32.2. The zero-order valence-corrected chi connectivity index (χ0v) is 9.75. The first-order valence-electron chi connectivity index (χ1n) is 4.98. The van der Waals surface area contributed by atoms with E-state index in [2.05, 4.69) is 5.32 Å². The van der Waals surface area contributed by atoms with Crippen molar-refractivity contribution in [3.05, 3.63) is 0 Å². The van der Waals surface area contributed by atoms with E-state index in [-0.39, 0.29) is 23.3 Å². The van der Waals surface area contributed by atoms with Crippen molar-refractivity contribution in [3.8, 4) is 0 Å². The number of hydrogen-bond acceptors (Lipinski definition) is 4. The van der Waals surface area contributed by atoms with Gasteiger partial charge in [0.05, 0.1) is 23.7 Å². The summed E-state index contributed by atoms with van der Waals surface area (Å²) in [4.78, 5) is 11.3. The minimum Gasteiger partial charge on any atom is -0.390 e. The summed E-state index contributed by atoms with van der Waals surface area (Å²) in [5.74, 6) is -0.385. The molecule has 1 amide bonds. The van der Waals surface area contributed by atoms with Gasteiger partial charge in [-0.3, -0.25) is 4.79 Å². The Morgan fingerprint density at radius 1 is 1.47 bits per heavy atom. The van der Waals surface area contributed by atoms with Crippen LogP contribution in [0.1, 0.15) is 20.3 Å². The molecule has 6 heteroatoms. The van der Waals surface area contributed by atoms with E-state index >= 15 is 0 Å². The van der Waals surface area contributed by atoms with E-state index in [0.717, 1.165) is 0 Å². The van der Waals surface area contributed by atoms with E-state index in [1.807, 2.05) is 13.8 Å². The molecular formula is C9H17NO4S. The molecule has 2 N–H and O–H groups in total. The lowest BCUT2D eigenvalue weighted by Gasteiger charge is -2.15. The van der Waals surface area contributed by atoms with Gasteiger partial charge >= 0.3 is 0 Å². The van der Waals surface area contributed by atoms with Crippen LogP contribution in [-0.4, -0.2) is 43.1 Å². The van der Waals surface area contributed by atoms with Crippen molar-refractivity contribution in [2.24, 2.45) is 5.92 Å². The Kier molecular flexibility index (Phi) is 3.72. The molecule has 2 atom stereocenters. The fourth-order valence-corrected chi connectivity index (χ4v) is 3.34. The van der Waals surface area contributed by atoms with E-state index in [0.29, 0.717) is 6.42 Å². The Hall–Kier alpha value is -0.620. The van der Waals surface area contributed by atoms with E-state index in [4.69, 9.17) is 0 Å². The Balaban J connectivity index is 2.50. The molecule has 1 fully saturated rings. The second-order valence-electron chi connectivity index (χ2n) is 4.42. The largest absolute Gasteiger partial charge is 0.390 e. The van der Waals surface area contributed by atoms with Crippen molar-refractivity contribution in [1.29, 1.82) is 0 Å². The van der Waals surface area contributed by atoms with Crippen LogP contribution in [0.3, 0.4) is 0 Å². The van der Waals surface area contributed by atoms with E-state index in [1.165, 1.54) is 0 Å². The lowest BCUT2D eigenvalue weighted by molar-refractivity contribution is -0.122. The molecule has 1 rings (SSSR count). The normalized spacial score (nSPS) is 29.3. The number of sulfone groups is 1. The van der Waals surface area contributed by atoms with Crippen LogP contribution in [0.25, 0.3) is 0 Å². The lowest BCUT2D eigenvalue weighted by atomic mass is 10.1. The smallest absolute Gasteiger partial charge is 0.220 e. The second-order valence-corrected chi connectivity index (χ2v) is 6.57. The van der Waals surface area contributed by atoms with Crippen molar-refractivity contribution in [2.45, 2.75) is 32.4 Å². The fourth-order valence-electron chi connectivity index (χ4n) is 1.60. The molecule has 15 heavy (non-hydrogen) atoms. The second kappa shape index (κ2) is 4.49. The zero-order valence-electron chi connectivity index (χ0n) is 8.93. The molecule has 0 spiro atoms. The van der Waals surface area contributed by atoms with Gasteiger partial charge < -0.3 is 10.4 Å². The van der Waals surface area contributed by atoms with Gasteiger partial charge in [0.25, 0.3) is 0 Å². The van der Waals surface area contributed by atoms with Gasteiger partial charge in [0.15, 0.2) is 9.84 Å². The number of amides is 1. The Morgan fingerprint density at radius 3 is 2.47 bits per heavy atom. The number of carbonyl (C=O) groups is 1. The van der Waals surface area contributed by atoms with Crippen molar-refractivity contribution < 1.29 is 18.3 Å². The number of aliphatic hydroxyl groups is 1. The Morgan fingerprint density at radius 2 is 2.07 bits per heavy atom. The molecule has 0 aromatic carbocycles. The van der Waals surface area contributed by atoms with E-state index in [1.54, 1.807) is 0 Å². The first-order chi connectivity index (χ1) is 6.80. The van der Waals surface area contributed by atoms with Crippen molar-refractivity contribution in [3.63, 3.8) is 0 Å². The van der Waals surface area contributed by atoms with Gasteiger partial charge in [0.2, 0.25) is 5.91 Å². The molecule has 5 nitrogen and oxygen atoms in total. The summed E-state index contributed by atoms with van der Waals surface area (Å²) in [6.45, 7) is 3.81. The third-order valence-corrected chi connectivity index (χ3v) is 3.98.